The number of hydrogen-bond donors (Lipinski definition) is 2. The molecule has 3 N–H and O–H groups in total. The number of carboxylic acid groups (broad SMARTS) is 1. The summed E-state index contributed by atoms with van der Waals surface area (Å²) in [5.74, 6) is -0.742. The van der Waals surface area contributed by atoms with E-state index in [9.17, 15) is 9.59 Å². The van der Waals surface area contributed by atoms with Crippen LogP contribution in [0, 0.1) is 0 Å². The van der Waals surface area contributed by atoms with Crippen molar-refractivity contribution in [1.82, 2.24) is 0 Å². The minimum Gasteiger partial charge on any atom is -0.481 e. The molecule has 5 heteroatoms. The standard InChI is InChI=1S/C9H10O2.C8H9NO2/c10-9(11)7-6-8-4-2-1-3-5-8;9-8(10)11-6-7-4-2-1-3-5-7/h1-5H,6-7H2,(H,10,11);1-5H,6H2,(H2,9,10). The molecule has 0 atom stereocenters. The van der Waals surface area contributed by atoms with Crippen molar-refractivity contribution in [3.8, 4) is 0 Å². The Kier molecular flexibility index (Phi) is 7.82. The fraction of sp³-hybridized carbons (Fsp3) is 0.176. The number of carbonyl (C=O) groups excluding carboxylic acids is 1. The lowest BCUT2D eigenvalue weighted by molar-refractivity contribution is -0.136. The van der Waals surface area contributed by atoms with Crippen molar-refractivity contribution in [1.29, 1.82) is 0 Å². The number of benzene rings is 2. The molecule has 0 aromatic heterocycles. The Morgan fingerprint density at radius 3 is 1.86 bits per heavy atom. The first kappa shape index (κ1) is 17.2. The average Bonchev–Trinajstić information content (AvgIpc) is 2.53. The molecule has 5 nitrogen and oxygen atoms in total. The maximum Gasteiger partial charge on any atom is 0.404 e. The van der Waals surface area contributed by atoms with Crippen LogP contribution in [0.4, 0.5) is 4.79 Å². The zero-order valence-electron chi connectivity index (χ0n) is 12.1. The molecule has 22 heavy (non-hydrogen) atoms. The summed E-state index contributed by atoms with van der Waals surface area (Å²) in [7, 11) is 0. The zero-order valence-corrected chi connectivity index (χ0v) is 12.1. The number of primary amides is 1. The van der Waals surface area contributed by atoms with Gasteiger partial charge in [-0.3, -0.25) is 4.79 Å². The maximum absolute atomic E-state index is 10.2. The van der Waals surface area contributed by atoms with Crippen molar-refractivity contribution in [2.24, 2.45) is 5.73 Å². The molecule has 0 aliphatic carbocycles. The molecule has 0 aliphatic rings. The van der Waals surface area contributed by atoms with Gasteiger partial charge in [-0.25, -0.2) is 4.79 Å². The highest BCUT2D eigenvalue weighted by Gasteiger charge is 1.96. The first-order valence-electron chi connectivity index (χ1n) is 6.80. The molecule has 2 rings (SSSR count). The van der Waals surface area contributed by atoms with Crippen LogP contribution in [-0.2, 0) is 22.6 Å². The summed E-state index contributed by atoms with van der Waals surface area (Å²) in [6, 6.07) is 19.0. The highest BCUT2D eigenvalue weighted by Crippen LogP contribution is 2.01. The number of aliphatic carboxylic acids is 1. The lowest BCUT2D eigenvalue weighted by atomic mass is 10.1. The largest absolute Gasteiger partial charge is 0.481 e. The molecule has 0 radical (unpaired) electrons. The molecule has 0 unspecified atom stereocenters. The Hall–Kier alpha value is -2.82. The molecule has 2 aromatic carbocycles. The van der Waals surface area contributed by atoms with E-state index in [4.69, 9.17) is 10.8 Å². The van der Waals surface area contributed by atoms with Gasteiger partial charge in [-0.05, 0) is 17.5 Å². The van der Waals surface area contributed by atoms with E-state index in [0.717, 1.165) is 11.1 Å². The van der Waals surface area contributed by atoms with Crippen LogP contribution >= 0.6 is 0 Å². The van der Waals surface area contributed by atoms with Crippen LogP contribution in [0.2, 0.25) is 0 Å². The number of amides is 1. The second-order valence-electron chi connectivity index (χ2n) is 4.47. The highest BCUT2D eigenvalue weighted by molar-refractivity contribution is 5.67. The molecule has 0 bridgehead atoms. The summed E-state index contributed by atoms with van der Waals surface area (Å²) in [5, 5.41) is 8.37. The number of carboxylic acids is 1. The topological polar surface area (TPSA) is 89.6 Å². The molecule has 0 fully saturated rings. The van der Waals surface area contributed by atoms with Gasteiger partial charge in [0.05, 0.1) is 0 Å². The molecular formula is C17H19NO4. The van der Waals surface area contributed by atoms with Crippen molar-refractivity contribution < 1.29 is 19.4 Å². The molecule has 0 spiro atoms. The first-order valence-corrected chi connectivity index (χ1v) is 6.80. The Balaban J connectivity index is 0.000000220. The van der Waals surface area contributed by atoms with Crippen LogP contribution < -0.4 is 5.73 Å². The number of carbonyl (C=O) groups is 2. The van der Waals surface area contributed by atoms with Gasteiger partial charge in [0.25, 0.3) is 0 Å². The molecule has 0 aliphatic heterocycles. The van der Waals surface area contributed by atoms with Crippen molar-refractivity contribution in [3.05, 3.63) is 71.8 Å². The number of nitrogens with two attached hydrogens (primary N) is 1. The quantitative estimate of drug-likeness (QED) is 0.888. The molecule has 0 heterocycles. The van der Waals surface area contributed by atoms with Crippen molar-refractivity contribution in [2.75, 3.05) is 0 Å². The first-order chi connectivity index (χ1) is 10.6. The van der Waals surface area contributed by atoms with E-state index in [-0.39, 0.29) is 13.0 Å². The number of aryl methyl sites for hydroxylation is 1. The van der Waals surface area contributed by atoms with Gasteiger partial charge in [0.2, 0.25) is 0 Å². The molecule has 0 saturated heterocycles. The van der Waals surface area contributed by atoms with Crippen LogP contribution in [0.1, 0.15) is 17.5 Å². The van der Waals surface area contributed by atoms with Gasteiger partial charge in [0, 0.05) is 6.42 Å². The van der Waals surface area contributed by atoms with E-state index >= 15 is 0 Å². The summed E-state index contributed by atoms with van der Waals surface area (Å²) in [5.41, 5.74) is 6.79. The Morgan fingerprint density at radius 1 is 0.909 bits per heavy atom. The van der Waals surface area contributed by atoms with E-state index < -0.39 is 12.1 Å². The molecular weight excluding hydrogens is 282 g/mol. The van der Waals surface area contributed by atoms with Crippen molar-refractivity contribution in [3.63, 3.8) is 0 Å². The van der Waals surface area contributed by atoms with Crippen LogP contribution in [0.15, 0.2) is 60.7 Å². The van der Waals surface area contributed by atoms with Crippen LogP contribution in [0.5, 0.6) is 0 Å². The Labute approximate surface area is 129 Å². The molecule has 116 valence electrons. The fourth-order valence-electron chi connectivity index (χ4n) is 1.62. The molecule has 2 aromatic rings. The minimum absolute atomic E-state index is 0.212. The monoisotopic (exact) mass is 301 g/mol. The SMILES string of the molecule is NC(=O)OCc1ccccc1.O=C(O)CCc1ccccc1. The number of hydrogen-bond acceptors (Lipinski definition) is 3. The Bertz CT molecular complexity index is 516. The number of ether oxygens (including phenoxy) is 1. The summed E-state index contributed by atoms with van der Waals surface area (Å²) < 4.78 is 4.57. The van der Waals surface area contributed by atoms with E-state index in [1.54, 1.807) is 0 Å². The fourth-order valence-corrected chi connectivity index (χ4v) is 1.62. The Morgan fingerprint density at radius 2 is 1.41 bits per heavy atom. The van der Waals surface area contributed by atoms with Gasteiger partial charge >= 0.3 is 12.1 Å². The lowest BCUT2D eigenvalue weighted by Crippen LogP contribution is -2.12. The van der Waals surface area contributed by atoms with Crippen LogP contribution in [0.3, 0.4) is 0 Å². The van der Waals surface area contributed by atoms with Crippen molar-refractivity contribution in [2.45, 2.75) is 19.4 Å². The van der Waals surface area contributed by atoms with Crippen molar-refractivity contribution >= 4 is 12.1 Å². The molecule has 0 saturated carbocycles. The highest BCUT2D eigenvalue weighted by atomic mass is 16.5. The third kappa shape index (κ3) is 8.37. The van der Waals surface area contributed by atoms with E-state index in [2.05, 4.69) is 4.74 Å². The lowest BCUT2D eigenvalue weighted by Gasteiger charge is -1.99. The van der Waals surface area contributed by atoms with Gasteiger partial charge in [-0.1, -0.05) is 60.7 Å². The zero-order chi connectivity index (χ0) is 16.2. The van der Waals surface area contributed by atoms with Gasteiger partial charge in [0.15, 0.2) is 0 Å². The normalized spacial score (nSPS) is 9.27. The molecule has 1 amide bonds. The van der Waals surface area contributed by atoms with E-state index in [0.29, 0.717) is 6.42 Å². The van der Waals surface area contributed by atoms with Gasteiger partial charge < -0.3 is 15.6 Å². The second kappa shape index (κ2) is 9.99. The minimum atomic E-state index is -0.742. The summed E-state index contributed by atoms with van der Waals surface area (Å²) >= 11 is 0. The summed E-state index contributed by atoms with van der Waals surface area (Å²) in [4.78, 5) is 20.3. The van der Waals surface area contributed by atoms with Crippen LogP contribution in [-0.4, -0.2) is 17.2 Å². The van der Waals surface area contributed by atoms with Gasteiger partial charge in [-0.2, -0.15) is 0 Å². The third-order valence-corrected chi connectivity index (χ3v) is 2.69. The predicted octanol–water partition coefficient (Wildman–Crippen LogP) is 2.99. The maximum atomic E-state index is 10.2. The van der Waals surface area contributed by atoms with Gasteiger partial charge in [0.1, 0.15) is 6.61 Å². The predicted molar refractivity (Wildman–Crippen MR) is 83.2 cm³/mol. The van der Waals surface area contributed by atoms with Gasteiger partial charge in [-0.15, -0.1) is 0 Å². The third-order valence-electron chi connectivity index (χ3n) is 2.69. The smallest absolute Gasteiger partial charge is 0.404 e. The van der Waals surface area contributed by atoms with Crippen LogP contribution in [0.25, 0.3) is 0 Å². The number of rotatable bonds is 5. The second-order valence-corrected chi connectivity index (χ2v) is 4.47. The average molecular weight is 301 g/mol. The van der Waals surface area contributed by atoms with E-state index in [1.807, 2.05) is 60.7 Å². The summed E-state index contributed by atoms with van der Waals surface area (Å²) in [6.07, 6.45) is 0.0917. The summed E-state index contributed by atoms with van der Waals surface area (Å²) in [6.45, 7) is 0.246. The van der Waals surface area contributed by atoms with E-state index in [1.165, 1.54) is 0 Å².